The number of carboxylic acid groups (broad SMARTS) is 1. The van der Waals surface area contributed by atoms with Crippen LogP contribution in [0.3, 0.4) is 0 Å². The molecular weight excluding hydrogens is 268 g/mol. The monoisotopic (exact) mass is 284 g/mol. The molecule has 1 aromatic carbocycles. The van der Waals surface area contributed by atoms with Crippen LogP contribution < -0.4 is 4.74 Å². The number of ether oxygens (including phenoxy) is 1. The van der Waals surface area contributed by atoms with Crippen LogP contribution in [-0.2, 0) is 19.6 Å². The molecule has 3 rings (SSSR count). The fourth-order valence-electron chi connectivity index (χ4n) is 2.44. The molecule has 0 fully saturated rings. The van der Waals surface area contributed by atoms with E-state index >= 15 is 0 Å². The Labute approximate surface area is 122 Å². The fraction of sp³-hybridized carbons (Fsp3) is 0.250. The summed E-state index contributed by atoms with van der Waals surface area (Å²) in [5, 5.41) is 9.07. The van der Waals surface area contributed by atoms with Gasteiger partial charge in [-0.25, -0.2) is 4.79 Å². The summed E-state index contributed by atoms with van der Waals surface area (Å²) in [5.74, 6) is 0.754. The van der Waals surface area contributed by atoms with Gasteiger partial charge in [-0.3, -0.25) is 4.98 Å². The number of aromatic nitrogens is 1. The van der Waals surface area contributed by atoms with Gasteiger partial charge in [0.1, 0.15) is 12.4 Å². The number of carbonyl (C=O) groups is 1. The second kappa shape index (κ2) is 5.83. The van der Waals surface area contributed by atoms with Crippen molar-refractivity contribution in [3.05, 3.63) is 59.4 Å². The summed E-state index contributed by atoms with van der Waals surface area (Å²) in [7, 11) is 0. The molecule has 5 heteroatoms. The minimum absolute atomic E-state index is 0.425. The number of nitrogens with zero attached hydrogens (tertiary/aromatic N) is 2. The lowest BCUT2D eigenvalue weighted by atomic mass is 10.00. The molecule has 1 aromatic heterocycles. The molecule has 1 aliphatic heterocycles. The van der Waals surface area contributed by atoms with E-state index in [0.717, 1.165) is 23.3 Å². The summed E-state index contributed by atoms with van der Waals surface area (Å²) >= 11 is 0. The molecule has 21 heavy (non-hydrogen) atoms. The van der Waals surface area contributed by atoms with Crippen molar-refractivity contribution in [1.29, 1.82) is 0 Å². The smallest absolute Gasteiger partial charge is 0.407 e. The molecule has 0 unspecified atom stereocenters. The molecule has 108 valence electrons. The van der Waals surface area contributed by atoms with Crippen molar-refractivity contribution in [3.8, 4) is 5.75 Å². The summed E-state index contributed by atoms with van der Waals surface area (Å²) in [6.07, 6.45) is 3.38. The Morgan fingerprint density at radius 1 is 1.33 bits per heavy atom. The quantitative estimate of drug-likeness (QED) is 0.941. The van der Waals surface area contributed by atoms with E-state index in [-0.39, 0.29) is 0 Å². The Balaban J connectivity index is 1.71. The molecule has 0 spiro atoms. The third-order valence-corrected chi connectivity index (χ3v) is 3.59. The van der Waals surface area contributed by atoms with Gasteiger partial charge in [-0.15, -0.1) is 0 Å². The Hall–Kier alpha value is -2.56. The van der Waals surface area contributed by atoms with Crippen LogP contribution in [0.5, 0.6) is 5.75 Å². The van der Waals surface area contributed by atoms with E-state index in [1.807, 2.05) is 30.3 Å². The van der Waals surface area contributed by atoms with Crippen molar-refractivity contribution in [1.82, 2.24) is 9.88 Å². The molecule has 0 saturated carbocycles. The zero-order chi connectivity index (χ0) is 14.7. The Morgan fingerprint density at radius 2 is 2.24 bits per heavy atom. The van der Waals surface area contributed by atoms with Gasteiger partial charge in [0.15, 0.2) is 0 Å². The van der Waals surface area contributed by atoms with Gasteiger partial charge >= 0.3 is 6.09 Å². The van der Waals surface area contributed by atoms with Gasteiger partial charge < -0.3 is 14.7 Å². The number of fused-ring (bicyclic) bond motifs is 1. The average molecular weight is 284 g/mol. The first kappa shape index (κ1) is 13.4. The molecule has 5 nitrogen and oxygen atoms in total. The molecule has 0 aliphatic carbocycles. The van der Waals surface area contributed by atoms with E-state index in [0.29, 0.717) is 19.7 Å². The predicted octanol–water partition coefficient (Wildman–Crippen LogP) is 2.70. The van der Waals surface area contributed by atoms with Gasteiger partial charge in [-0.2, -0.15) is 0 Å². The van der Waals surface area contributed by atoms with Crippen LogP contribution in [0.1, 0.15) is 16.7 Å². The number of benzene rings is 1. The summed E-state index contributed by atoms with van der Waals surface area (Å²) in [4.78, 5) is 16.5. The van der Waals surface area contributed by atoms with Gasteiger partial charge in [0.25, 0.3) is 0 Å². The highest BCUT2D eigenvalue weighted by Gasteiger charge is 2.20. The first-order chi connectivity index (χ1) is 10.2. The Kier molecular flexibility index (Phi) is 3.73. The van der Waals surface area contributed by atoms with Crippen LogP contribution in [0.4, 0.5) is 4.79 Å². The normalized spacial score (nSPS) is 13.6. The summed E-state index contributed by atoms with van der Waals surface area (Å²) in [6.45, 7) is 1.43. The first-order valence-corrected chi connectivity index (χ1v) is 6.84. The number of pyridine rings is 1. The zero-order valence-electron chi connectivity index (χ0n) is 11.5. The van der Waals surface area contributed by atoms with Crippen molar-refractivity contribution >= 4 is 6.09 Å². The van der Waals surface area contributed by atoms with E-state index < -0.39 is 6.09 Å². The van der Waals surface area contributed by atoms with Crippen LogP contribution >= 0.6 is 0 Å². The maximum Gasteiger partial charge on any atom is 0.407 e. The van der Waals surface area contributed by atoms with E-state index in [1.165, 1.54) is 10.5 Å². The Bertz CT molecular complexity index is 643. The largest absolute Gasteiger partial charge is 0.489 e. The molecule has 2 aromatic rings. The minimum atomic E-state index is -0.873. The number of hydrogen-bond donors (Lipinski definition) is 1. The molecule has 0 atom stereocenters. The third kappa shape index (κ3) is 3.13. The maximum absolute atomic E-state index is 11.0. The van der Waals surface area contributed by atoms with Crippen molar-refractivity contribution in [2.24, 2.45) is 0 Å². The standard InChI is InChI=1S/C16H16N2O3/c19-16(20)18-7-5-13-3-4-15(8-14(13)10-18)21-11-12-2-1-6-17-9-12/h1-4,6,8-9H,5,7,10-11H2,(H,19,20). The van der Waals surface area contributed by atoms with Crippen LogP contribution in [0, 0.1) is 0 Å². The highest BCUT2D eigenvalue weighted by molar-refractivity contribution is 5.65. The minimum Gasteiger partial charge on any atom is -0.489 e. The lowest BCUT2D eigenvalue weighted by molar-refractivity contribution is 0.140. The van der Waals surface area contributed by atoms with Crippen molar-refractivity contribution in [2.45, 2.75) is 19.6 Å². The molecule has 2 heterocycles. The Morgan fingerprint density at radius 3 is 3.00 bits per heavy atom. The van der Waals surface area contributed by atoms with Crippen molar-refractivity contribution < 1.29 is 14.6 Å². The van der Waals surface area contributed by atoms with Crippen LogP contribution in [0.15, 0.2) is 42.7 Å². The number of rotatable bonds is 3. The summed E-state index contributed by atoms with van der Waals surface area (Å²) in [6, 6.07) is 9.72. The lowest BCUT2D eigenvalue weighted by Crippen LogP contribution is -2.34. The van der Waals surface area contributed by atoms with E-state index in [9.17, 15) is 4.79 Å². The van der Waals surface area contributed by atoms with Gasteiger partial charge in [0, 0.05) is 31.0 Å². The van der Waals surface area contributed by atoms with Crippen molar-refractivity contribution in [2.75, 3.05) is 6.54 Å². The zero-order valence-corrected chi connectivity index (χ0v) is 11.5. The van der Waals surface area contributed by atoms with Crippen LogP contribution in [-0.4, -0.2) is 27.6 Å². The fourth-order valence-corrected chi connectivity index (χ4v) is 2.44. The van der Waals surface area contributed by atoms with E-state index in [2.05, 4.69) is 4.98 Å². The number of amides is 1. The highest BCUT2D eigenvalue weighted by Crippen LogP contribution is 2.24. The van der Waals surface area contributed by atoms with E-state index in [1.54, 1.807) is 12.4 Å². The second-order valence-corrected chi connectivity index (χ2v) is 5.03. The van der Waals surface area contributed by atoms with Crippen LogP contribution in [0.2, 0.25) is 0 Å². The first-order valence-electron chi connectivity index (χ1n) is 6.84. The lowest BCUT2D eigenvalue weighted by Gasteiger charge is -2.26. The van der Waals surface area contributed by atoms with Gasteiger partial charge in [0.2, 0.25) is 0 Å². The van der Waals surface area contributed by atoms with Gasteiger partial charge in [0.05, 0.1) is 0 Å². The maximum atomic E-state index is 11.0. The van der Waals surface area contributed by atoms with Crippen molar-refractivity contribution in [3.63, 3.8) is 0 Å². The summed E-state index contributed by atoms with van der Waals surface area (Å²) in [5.41, 5.74) is 3.22. The highest BCUT2D eigenvalue weighted by atomic mass is 16.5. The molecule has 1 amide bonds. The third-order valence-electron chi connectivity index (χ3n) is 3.59. The molecule has 1 N–H and O–H groups in total. The molecule has 0 bridgehead atoms. The molecule has 0 radical (unpaired) electrons. The molecular formula is C16H16N2O3. The predicted molar refractivity (Wildman–Crippen MR) is 77.1 cm³/mol. The molecule has 0 saturated heterocycles. The van der Waals surface area contributed by atoms with Crippen LogP contribution in [0.25, 0.3) is 0 Å². The number of hydrogen-bond acceptors (Lipinski definition) is 3. The van der Waals surface area contributed by atoms with Gasteiger partial charge in [-0.05, 0) is 35.7 Å². The SMILES string of the molecule is O=C(O)N1CCc2ccc(OCc3cccnc3)cc2C1. The average Bonchev–Trinajstić information content (AvgIpc) is 2.53. The topological polar surface area (TPSA) is 62.7 Å². The molecule has 1 aliphatic rings. The van der Waals surface area contributed by atoms with Gasteiger partial charge in [-0.1, -0.05) is 12.1 Å². The van der Waals surface area contributed by atoms with E-state index in [4.69, 9.17) is 9.84 Å². The second-order valence-electron chi connectivity index (χ2n) is 5.03. The summed E-state index contributed by atoms with van der Waals surface area (Å²) < 4.78 is 5.75.